The van der Waals surface area contributed by atoms with Gasteiger partial charge in [0.25, 0.3) is 0 Å². The molecule has 1 N–H and O–H groups in total. The maximum Gasteiger partial charge on any atom is 0.408 e. The molecule has 0 spiro atoms. The number of hydrogen-bond donors (Lipinski definition) is 1. The smallest absolute Gasteiger partial charge is 0.314 e. The normalized spacial score (nSPS) is 17.6. The Morgan fingerprint density at radius 3 is 2.19 bits per heavy atom. The first-order valence-corrected chi connectivity index (χ1v) is 6.17. The number of piperazine rings is 1. The van der Waals surface area contributed by atoms with Gasteiger partial charge in [0.2, 0.25) is 0 Å². The van der Waals surface area contributed by atoms with Gasteiger partial charge < -0.3 is 5.32 Å². The largest absolute Gasteiger partial charge is 0.408 e. The molecule has 2 nitrogen and oxygen atoms in total. The maximum atomic E-state index is 13.5. The molecule has 0 bridgehead atoms. The van der Waals surface area contributed by atoms with E-state index in [4.69, 9.17) is 0 Å². The van der Waals surface area contributed by atoms with Gasteiger partial charge in [0, 0.05) is 26.2 Å². The minimum absolute atomic E-state index is 0. The highest BCUT2D eigenvalue weighted by atomic mass is 35.5. The molecule has 1 fully saturated rings. The highest BCUT2D eigenvalue weighted by Gasteiger charge is 2.45. The van der Waals surface area contributed by atoms with Gasteiger partial charge in [-0.15, -0.1) is 24.8 Å². The fourth-order valence-electron chi connectivity index (χ4n) is 2.33. The van der Waals surface area contributed by atoms with Crippen LogP contribution in [0.3, 0.4) is 0 Å². The molecule has 1 aliphatic rings. The number of benzene rings is 1. The Kier molecular flexibility index (Phi) is 7.95. The van der Waals surface area contributed by atoms with E-state index in [-0.39, 0.29) is 30.4 Å². The minimum Gasteiger partial charge on any atom is -0.314 e. The third-order valence-electron chi connectivity index (χ3n) is 3.34. The van der Waals surface area contributed by atoms with E-state index < -0.39 is 18.0 Å². The summed E-state index contributed by atoms with van der Waals surface area (Å²) in [5.41, 5.74) is 0.322. The number of rotatable bonds is 2. The summed E-state index contributed by atoms with van der Waals surface area (Å²) < 4.78 is 53.2. The van der Waals surface area contributed by atoms with E-state index in [0.29, 0.717) is 31.7 Å². The van der Waals surface area contributed by atoms with Crippen molar-refractivity contribution in [1.29, 1.82) is 0 Å². The predicted molar refractivity (Wildman–Crippen MR) is 78.9 cm³/mol. The lowest BCUT2D eigenvalue weighted by Gasteiger charge is -2.36. The Morgan fingerprint density at radius 2 is 1.71 bits per heavy atom. The zero-order valence-corrected chi connectivity index (χ0v) is 13.0. The van der Waals surface area contributed by atoms with Crippen LogP contribution in [0.1, 0.15) is 17.2 Å². The number of halogens is 6. The average molecular weight is 349 g/mol. The highest BCUT2D eigenvalue weighted by molar-refractivity contribution is 5.85. The lowest BCUT2D eigenvalue weighted by Crippen LogP contribution is -2.49. The maximum absolute atomic E-state index is 13.5. The molecule has 0 amide bonds. The van der Waals surface area contributed by atoms with Gasteiger partial charge in [0.1, 0.15) is 11.9 Å². The standard InChI is InChI=1S/C13H16F4N2.2ClH/c1-9-2-3-10(8-11(9)14)12(13(15,16)17)19-6-4-18-5-7-19;;/h2-3,8,12,18H,4-7H2,1H3;2*1H/t12-;;/m1../s1. The van der Waals surface area contributed by atoms with Crippen LogP contribution in [-0.4, -0.2) is 37.3 Å². The molecule has 0 saturated carbocycles. The summed E-state index contributed by atoms with van der Waals surface area (Å²) in [6, 6.07) is 2.02. The zero-order chi connectivity index (χ0) is 14.0. The van der Waals surface area contributed by atoms with Gasteiger partial charge in [-0.3, -0.25) is 4.90 Å². The molecule has 122 valence electrons. The van der Waals surface area contributed by atoms with E-state index >= 15 is 0 Å². The Labute approximate surface area is 133 Å². The average Bonchev–Trinajstić information content (AvgIpc) is 2.34. The lowest BCUT2D eigenvalue weighted by molar-refractivity contribution is -0.187. The SMILES string of the molecule is Cc1ccc([C@@H](N2CCNCC2)C(F)(F)F)cc1F.Cl.Cl. The van der Waals surface area contributed by atoms with Gasteiger partial charge in [0.15, 0.2) is 0 Å². The summed E-state index contributed by atoms with van der Waals surface area (Å²) in [6.45, 7) is 3.17. The van der Waals surface area contributed by atoms with Crippen LogP contribution in [0.15, 0.2) is 18.2 Å². The van der Waals surface area contributed by atoms with Crippen molar-refractivity contribution in [2.24, 2.45) is 0 Å². The van der Waals surface area contributed by atoms with Crippen LogP contribution in [0.2, 0.25) is 0 Å². The van der Waals surface area contributed by atoms with E-state index in [1.165, 1.54) is 24.0 Å². The summed E-state index contributed by atoms with van der Waals surface area (Å²) in [6.07, 6.45) is -4.40. The van der Waals surface area contributed by atoms with Crippen LogP contribution < -0.4 is 5.32 Å². The number of alkyl halides is 3. The first kappa shape index (κ1) is 20.4. The van der Waals surface area contributed by atoms with E-state index in [0.717, 1.165) is 6.07 Å². The van der Waals surface area contributed by atoms with Gasteiger partial charge in [-0.05, 0) is 24.1 Å². The molecule has 0 radical (unpaired) electrons. The second-order valence-corrected chi connectivity index (χ2v) is 4.74. The molecule has 8 heteroatoms. The molecule has 0 aliphatic carbocycles. The Bertz CT molecular complexity index is 448. The van der Waals surface area contributed by atoms with Crippen molar-refractivity contribution in [2.45, 2.75) is 19.1 Å². The minimum atomic E-state index is -4.40. The van der Waals surface area contributed by atoms with Crippen LogP contribution in [0, 0.1) is 12.7 Å². The summed E-state index contributed by atoms with van der Waals surface area (Å²) >= 11 is 0. The molecule has 21 heavy (non-hydrogen) atoms. The van der Waals surface area contributed by atoms with Gasteiger partial charge in [0.05, 0.1) is 0 Å². The second kappa shape index (κ2) is 8.17. The summed E-state index contributed by atoms with van der Waals surface area (Å²) in [5, 5.41) is 3.01. The number of hydrogen-bond acceptors (Lipinski definition) is 2. The molecule has 0 aromatic heterocycles. The van der Waals surface area contributed by atoms with E-state index in [9.17, 15) is 17.6 Å². The zero-order valence-electron chi connectivity index (χ0n) is 11.4. The van der Waals surface area contributed by atoms with Crippen LogP contribution in [0.25, 0.3) is 0 Å². The number of aryl methyl sites for hydroxylation is 1. The molecule has 1 heterocycles. The summed E-state index contributed by atoms with van der Waals surface area (Å²) in [4.78, 5) is 1.35. The van der Waals surface area contributed by atoms with Crippen molar-refractivity contribution in [3.8, 4) is 0 Å². The predicted octanol–water partition coefficient (Wildman–Crippen LogP) is 3.49. The first-order chi connectivity index (χ1) is 8.89. The third kappa shape index (κ3) is 4.98. The van der Waals surface area contributed by atoms with Crippen LogP contribution in [0.4, 0.5) is 17.6 Å². The summed E-state index contributed by atoms with van der Waals surface area (Å²) in [5.74, 6) is -0.595. The molecule has 1 aromatic carbocycles. The number of nitrogens with zero attached hydrogens (tertiary/aromatic N) is 1. The molecule has 1 aliphatic heterocycles. The van der Waals surface area contributed by atoms with Crippen LogP contribution >= 0.6 is 24.8 Å². The van der Waals surface area contributed by atoms with Crippen molar-refractivity contribution >= 4 is 24.8 Å². The summed E-state index contributed by atoms with van der Waals surface area (Å²) in [7, 11) is 0. The molecule has 1 aromatic rings. The Hall–Kier alpha value is -0.560. The van der Waals surface area contributed by atoms with Crippen molar-refractivity contribution in [3.05, 3.63) is 35.1 Å². The fourth-order valence-corrected chi connectivity index (χ4v) is 2.33. The van der Waals surface area contributed by atoms with E-state index in [2.05, 4.69) is 5.32 Å². The van der Waals surface area contributed by atoms with Crippen LogP contribution in [0.5, 0.6) is 0 Å². The monoisotopic (exact) mass is 348 g/mol. The molecule has 2 rings (SSSR count). The van der Waals surface area contributed by atoms with Crippen molar-refractivity contribution in [2.75, 3.05) is 26.2 Å². The molecule has 0 unspecified atom stereocenters. The Morgan fingerprint density at radius 1 is 1.14 bits per heavy atom. The van der Waals surface area contributed by atoms with E-state index in [1.54, 1.807) is 0 Å². The topological polar surface area (TPSA) is 15.3 Å². The fraction of sp³-hybridized carbons (Fsp3) is 0.538. The quantitative estimate of drug-likeness (QED) is 0.823. The Balaban J connectivity index is 0.00000200. The lowest BCUT2D eigenvalue weighted by atomic mass is 10.0. The first-order valence-electron chi connectivity index (χ1n) is 6.17. The molecular formula is C13H18Cl2F4N2. The molecule has 1 atom stereocenters. The van der Waals surface area contributed by atoms with Gasteiger partial charge in [-0.2, -0.15) is 13.2 Å². The third-order valence-corrected chi connectivity index (χ3v) is 3.34. The highest BCUT2D eigenvalue weighted by Crippen LogP contribution is 2.38. The van der Waals surface area contributed by atoms with E-state index in [1.807, 2.05) is 0 Å². The second-order valence-electron chi connectivity index (χ2n) is 4.74. The van der Waals surface area contributed by atoms with Gasteiger partial charge in [-0.25, -0.2) is 4.39 Å². The van der Waals surface area contributed by atoms with Crippen LogP contribution in [-0.2, 0) is 0 Å². The number of nitrogens with one attached hydrogen (secondary N) is 1. The van der Waals surface area contributed by atoms with Gasteiger partial charge in [-0.1, -0.05) is 12.1 Å². The van der Waals surface area contributed by atoms with Gasteiger partial charge >= 0.3 is 6.18 Å². The van der Waals surface area contributed by atoms with Crippen molar-refractivity contribution in [3.63, 3.8) is 0 Å². The van der Waals surface area contributed by atoms with Crippen molar-refractivity contribution in [1.82, 2.24) is 10.2 Å². The molecule has 1 saturated heterocycles. The van der Waals surface area contributed by atoms with Crippen molar-refractivity contribution < 1.29 is 17.6 Å². The molecular weight excluding hydrogens is 331 g/mol.